The second-order valence-corrected chi connectivity index (χ2v) is 5.03. The molecular formula is C17H19FN2O. The van der Waals surface area contributed by atoms with Crippen LogP contribution in [0.25, 0.3) is 0 Å². The maximum absolute atomic E-state index is 13.5. The Balaban J connectivity index is 1.88. The molecule has 0 aliphatic rings. The third kappa shape index (κ3) is 4.31. The topological polar surface area (TPSA) is 41.1 Å². The molecule has 0 saturated carbocycles. The number of aryl methyl sites for hydroxylation is 1. The van der Waals surface area contributed by atoms with Crippen LogP contribution in [-0.4, -0.2) is 11.9 Å². The van der Waals surface area contributed by atoms with Crippen LogP contribution in [0.5, 0.6) is 0 Å². The summed E-state index contributed by atoms with van der Waals surface area (Å²) in [5.74, 6) is -0.406. The van der Waals surface area contributed by atoms with Gasteiger partial charge in [-0.2, -0.15) is 0 Å². The first kappa shape index (κ1) is 15.0. The van der Waals surface area contributed by atoms with Gasteiger partial charge in [0.2, 0.25) is 5.91 Å². The van der Waals surface area contributed by atoms with E-state index in [1.165, 1.54) is 6.07 Å². The standard InChI is InChI=1S/C17H19FN2O/c1-12-8-9-15(10-16(12)18)20-13(2)17(21)19-11-14-6-4-3-5-7-14/h3-10,13,20H,11H2,1-2H3,(H,19,21)/t13-/m0/s1. The van der Waals surface area contributed by atoms with Gasteiger partial charge in [0.05, 0.1) is 0 Å². The quantitative estimate of drug-likeness (QED) is 0.886. The number of amides is 1. The molecule has 0 aliphatic heterocycles. The largest absolute Gasteiger partial charge is 0.374 e. The molecule has 0 heterocycles. The smallest absolute Gasteiger partial charge is 0.242 e. The van der Waals surface area contributed by atoms with Crippen LogP contribution >= 0.6 is 0 Å². The van der Waals surface area contributed by atoms with E-state index in [9.17, 15) is 9.18 Å². The lowest BCUT2D eigenvalue weighted by Crippen LogP contribution is -2.37. The van der Waals surface area contributed by atoms with Crippen molar-refractivity contribution < 1.29 is 9.18 Å². The van der Waals surface area contributed by atoms with Crippen LogP contribution in [0.15, 0.2) is 48.5 Å². The number of rotatable bonds is 5. The van der Waals surface area contributed by atoms with Crippen molar-refractivity contribution in [1.29, 1.82) is 0 Å². The molecule has 0 aromatic heterocycles. The van der Waals surface area contributed by atoms with Crippen LogP contribution in [0, 0.1) is 12.7 Å². The van der Waals surface area contributed by atoms with Crippen molar-refractivity contribution in [2.24, 2.45) is 0 Å². The maximum atomic E-state index is 13.5. The molecule has 1 amide bonds. The van der Waals surface area contributed by atoms with E-state index in [1.54, 1.807) is 26.0 Å². The van der Waals surface area contributed by atoms with E-state index in [0.717, 1.165) is 5.56 Å². The highest BCUT2D eigenvalue weighted by atomic mass is 19.1. The fourth-order valence-corrected chi connectivity index (χ4v) is 1.94. The van der Waals surface area contributed by atoms with E-state index < -0.39 is 6.04 Å². The summed E-state index contributed by atoms with van der Waals surface area (Å²) in [4.78, 5) is 12.0. The number of carbonyl (C=O) groups is 1. The van der Waals surface area contributed by atoms with Crippen LogP contribution in [0.4, 0.5) is 10.1 Å². The van der Waals surface area contributed by atoms with Crippen molar-refractivity contribution in [3.8, 4) is 0 Å². The molecular weight excluding hydrogens is 267 g/mol. The van der Waals surface area contributed by atoms with Gasteiger partial charge < -0.3 is 10.6 Å². The van der Waals surface area contributed by atoms with Crippen molar-refractivity contribution in [3.05, 3.63) is 65.5 Å². The van der Waals surface area contributed by atoms with Crippen LogP contribution < -0.4 is 10.6 Å². The summed E-state index contributed by atoms with van der Waals surface area (Å²) >= 11 is 0. The van der Waals surface area contributed by atoms with Crippen LogP contribution in [0.3, 0.4) is 0 Å². The highest BCUT2D eigenvalue weighted by Gasteiger charge is 2.12. The summed E-state index contributed by atoms with van der Waals surface area (Å²) in [6, 6.07) is 14.1. The Bertz CT molecular complexity index is 613. The van der Waals surface area contributed by atoms with E-state index in [2.05, 4.69) is 10.6 Å². The molecule has 1 atom stereocenters. The maximum Gasteiger partial charge on any atom is 0.242 e. The summed E-state index contributed by atoms with van der Waals surface area (Å²) in [6.45, 7) is 3.93. The fourth-order valence-electron chi connectivity index (χ4n) is 1.94. The molecule has 0 aliphatic carbocycles. The average Bonchev–Trinajstić information content (AvgIpc) is 2.49. The first-order chi connectivity index (χ1) is 10.1. The Hall–Kier alpha value is -2.36. The monoisotopic (exact) mass is 286 g/mol. The number of hydrogen-bond donors (Lipinski definition) is 2. The Kier molecular flexibility index (Phi) is 4.93. The van der Waals surface area contributed by atoms with Crippen molar-refractivity contribution in [1.82, 2.24) is 5.32 Å². The molecule has 21 heavy (non-hydrogen) atoms. The van der Waals surface area contributed by atoms with Crippen molar-refractivity contribution in [2.45, 2.75) is 26.4 Å². The molecule has 2 aromatic carbocycles. The molecule has 110 valence electrons. The lowest BCUT2D eigenvalue weighted by molar-refractivity contribution is -0.121. The predicted octanol–water partition coefficient (Wildman–Crippen LogP) is 3.25. The highest BCUT2D eigenvalue weighted by molar-refractivity contribution is 5.84. The number of halogens is 1. The van der Waals surface area contributed by atoms with Gasteiger partial charge in [-0.05, 0) is 37.1 Å². The first-order valence-electron chi connectivity index (χ1n) is 6.90. The van der Waals surface area contributed by atoms with Gasteiger partial charge in [0.15, 0.2) is 0 Å². The lowest BCUT2D eigenvalue weighted by atomic mass is 10.2. The fraction of sp³-hybridized carbons (Fsp3) is 0.235. The number of benzene rings is 2. The molecule has 0 fully saturated rings. The summed E-state index contributed by atoms with van der Waals surface area (Å²) < 4.78 is 13.5. The van der Waals surface area contributed by atoms with Crippen molar-refractivity contribution >= 4 is 11.6 Å². The minimum absolute atomic E-state index is 0.125. The molecule has 4 heteroatoms. The van der Waals surface area contributed by atoms with Gasteiger partial charge >= 0.3 is 0 Å². The number of carbonyl (C=O) groups excluding carboxylic acids is 1. The highest BCUT2D eigenvalue weighted by Crippen LogP contribution is 2.14. The molecule has 3 nitrogen and oxygen atoms in total. The summed E-state index contributed by atoms with van der Waals surface area (Å²) in [6.07, 6.45) is 0. The first-order valence-corrected chi connectivity index (χ1v) is 6.90. The summed E-state index contributed by atoms with van der Waals surface area (Å²) in [5, 5.41) is 5.84. The van der Waals surface area contributed by atoms with Crippen LogP contribution in [-0.2, 0) is 11.3 Å². The van der Waals surface area contributed by atoms with E-state index >= 15 is 0 Å². The Morgan fingerprint density at radius 3 is 2.57 bits per heavy atom. The Morgan fingerprint density at radius 1 is 1.19 bits per heavy atom. The van der Waals surface area contributed by atoms with Crippen LogP contribution in [0.1, 0.15) is 18.1 Å². The molecule has 2 aromatic rings. The van der Waals surface area contributed by atoms with E-state index in [1.807, 2.05) is 30.3 Å². The molecule has 0 unspecified atom stereocenters. The minimum atomic E-state index is -0.434. The Morgan fingerprint density at radius 2 is 1.90 bits per heavy atom. The zero-order chi connectivity index (χ0) is 15.2. The third-order valence-electron chi connectivity index (χ3n) is 3.26. The van der Waals surface area contributed by atoms with E-state index in [0.29, 0.717) is 17.8 Å². The van der Waals surface area contributed by atoms with Gasteiger partial charge in [-0.1, -0.05) is 36.4 Å². The van der Waals surface area contributed by atoms with Crippen molar-refractivity contribution in [2.75, 3.05) is 5.32 Å². The van der Waals surface area contributed by atoms with Gasteiger partial charge in [0.1, 0.15) is 11.9 Å². The molecule has 0 saturated heterocycles. The molecule has 2 N–H and O–H groups in total. The van der Waals surface area contributed by atoms with Gasteiger partial charge in [-0.25, -0.2) is 4.39 Å². The number of anilines is 1. The van der Waals surface area contributed by atoms with Gasteiger partial charge in [-0.15, -0.1) is 0 Å². The zero-order valence-corrected chi connectivity index (χ0v) is 12.2. The normalized spacial score (nSPS) is 11.8. The SMILES string of the molecule is Cc1ccc(N[C@@H](C)C(=O)NCc2ccccc2)cc1F. The predicted molar refractivity (Wildman–Crippen MR) is 82.5 cm³/mol. The van der Waals surface area contributed by atoms with Gasteiger partial charge in [0, 0.05) is 12.2 Å². The zero-order valence-electron chi connectivity index (χ0n) is 12.2. The minimum Gasteiger partial charge on any atom is -0.374 e. The van der Waals surface area contributed by atoms with E-state index in [-0.39, 0.29) is 11.7 Å². The lowest BCUT2D eigenvalue weighted by Gasteiger charge is -2.15. The molecule has 0 spiro atoms. The van der Waals surface area contributed by atoms with Crippen molar-refractivity contribution in [3.63, 3.8) is 0 Å². The second-order valence-electron chi connectivity index (χ2n) is 5.03. The number of nitrogens with one attached hydrogen (secondary N) is 2. The Labute approximate surface area is 124 Å². The van der Waals surface area contributed by atoms with Gasteiger partial charge in [-0.3, -0.25) is 4.79 Å². The summed E-state index contributed by atoms with van der Waals surface area (Å²) in [5.41, 5.74) is 2.22. The third-order valence-corrected chi connectivity index (χ3v) is 3.26. The number of hydrogen-bond acceptors (Lipinski definition) is 2. The molecule has 0 radical (unpaired) electrons. The average molecular weight is 286 g/mol. The summed E-state index contributed by atoms with van der Waals surface area (Å²) in [7, 11) is 0. The van der Waals surface area contributed by atoms with Crippen LogP contribution in [0.2, 0.25) is 0 Å². The molecule has 2 rings (SSSR count). The second kappa shape index (κ2) is 6.88. The van der Waals surface area contributed by atoms with Gasteiger partial charge in [0.25, 0.3) is 0 Å². The molecule has 0 bridgehead atoms. The van der Waals surface area contributed by atoms with E-state index in [4.69, 9.17) is 0 Å².